The molecule has 1 heterocycles. The van der Waals surface area contributed by atoms with Gasteiger partial charge in [-0.2, -0.15) is 4.72 Å². The molecule has 2 N–H and O–H groups in total. The summed E-state index contributed by atoms with van der Waals surface area (Å²) in [4.78, 5) is 14.8. The van der Waals surface area contributed by atoms with Crippen molar-refractivity contribution in [1.82, 2.24) is 14.9 Å². The maximum Gasteiger partial charge on any atom is 0.250 e. The van der Waals surface area contributed by atoms with E-state index in [0.29, 0.717) is 18.6 Å². The lowest BCUT2D eigenvalue weighted by atomic mass is 10.1. The van der Waals surface area contributed by atoms with E-state index >= 15 is 0 Å². The molecule has 0 aliphatic carbocycles. The van der Waals surface area contributed by atoms with Crippen molar-refractivity contribution < 1.29 is 13.2 Å². The number of carbonyl (C=O) groups is 1. The normalized spacial score (nSPS) is 13.8. The number of thiophene rings is 1. The Morgan fingerprint density at radius 1 is 1.16 bits per heavy atom. The van der Waals surface area contributed by atoms with Crippen molar-refractivity contribution in [3.05, 3.63) is 17.5 Å². The standard InChI is InChI=1S/C17H31N3O3S2/c1-12(2)16(19-25(22,23)15-8-7-11-24-15)17(21)18-9-10-20(13(3)4)14(5)6/h7-8,11-14,16,19H,9-10H2,1-6H3,(H,18,21)/t16-/m0/s1. The average molecular weight is 390 g/mol. The van der Waals surface area contributed by atoms with E-state index in [1.165, 1.54) is 6.07 Å². The Kier molecular flexibility index (Phi) is 8.53. The lowest BCUT2D eigenvalue weighted by molar-refractivity contribution is -0.123. The molecular weight excluding hydrogens is 358 g/mol. The summed E-state index contributed by atoms with van der Waals surface area (Å²) in [7, 11) is -3.68. The quantitative estimate of drug-likeness (QED) is 0.643. The van der Waals surface area contributed by atoms with Crippen LogP contribution in [-0.4, -0.2) is 50.4 Å². The first kappa shape index (κ1) is 22.1. The van der Waals surface area contributed by atoms with Crippen molar-refractivity contribution in [3.63, 3.8) is 0 Å². The second-order valence-electron chi connectivity index (χ2n) is 6.99. The van der Waals surface area contributed by atoms with Gasteiger partial charge in [-0.3, -0.25) is 9.69 Å². The predicted molar refractivity (Wildman–Crippen MR) is 103 cm³/mol. The largest absolute Gasteiger partial charge is 0.353 e. The zero-order valence-corrected chi connectivity index (χ0v) is 17.6. The highest BCUT2D eigenvalue weighted by Crippen LogP contribution is 2.17. The second kappa shape index (κ2) is 9.66. The van der Waals surface area contributed by atoms with Crippen LogP contribution in [0, 0.1) is 5.92 Å². The van der Waals surface area contributed by atoms with E-state index in [9.17, 15) is 13.2 Å². The third-order valence-corrected chi connectivity index (χ3v) is 6.83. The summed E-state index contributed by atoms with van der Waals surface area (Å²) in [6.07, 6.45) is 0. The third-order valence-electron chi connectivity index (χ3n) is 3.99. The van der Waals surface area contributed by atoms with Crippen molar-refractivity contribution in [3.8, 4) is 0 Å². The molecule has 0 aliphatic rings. The zero-order valence-electron chi connectivity index (χ0n) is 15.9. The minimum Gasteiger partial charge on any atom is -0.353 e. The van der Waals surface area contributed by atoms with Crippen LogP contribution < -0.4 is 10.0 Å². The Hall–Kier alpha value is -0.960. The first-order valence-corrected chi connectivity index (χ1v) is 11.0. The van der Waals surface area contributed by atoms with Gasteiger partial charge in [0, 0.05) is 25.2 Å². The van der Waals surface area contributed by atoms with Gasteiger partial charge in [-0.05, 0) is 45.1 Å². The van der Waals surface area contributed by atoms with Crippen LogP contribution in [0.4, 0.5) is 0 Å². The minimum absolute atomic E-state index is 0.152. The highest BCUT2D eigenvalue weighted by molar-refractivity contribution is 7.91. The van der Waals surface area contributed by atoms with Gasteiger partial charge >= 0.3 is 0 Å². The molecule has 1 amide bonds. The molecule has 25 heavy (non-hydrogen) atoms. The van der Waals surface area contributed by atoms with E-state index in [-0.39, 0.29) is 16.0 Å². The van der Waals surface area contributed by atoms with Crippen molar-refractivity contribution in [2.24, 2.45) is 5.92 Å². The van der Waals surface area contributed by atoms with Gasteiger partial charge in [-0.15, -0.1) is 11.3 Å². The first-order valence-electron chi connectivity index (χ1n) is 8.65. The lowest BCUT2D eigenvalue weighted by Gasteiger charge is -2.31. The molecule has 0 fully saturated rings. The summed E-state index contributed by atoms with van der Waals surface area (Å²) in [5.74, 6) is -0.441. The molecule has 0 unspecified atom stereocenters. The monoisotopic (exact) mass is 389 g/mol. The van der Waals surface area contributed by atoms with Crippen LogP contribution in [0.5, 0.6) is 0 Å². The number of nitrogens with one attached hydrogen (secondary N) is 2. The van der Waals surface area contributed by atoms with Crippen LogP contribution in [0.25, 0.3) is 0 Å². The smallest absolute Gasteiger partial charge is 0.250 e. The number of carbonyl (C=O) groups excluding carboxylic acids is 1. The topological polar surface area (TPSA) is 78.5 Å². The number of amides is 1. The first-order chi connectivity index (χ1) is 11.6. The molecule has 0 aromatic carbocycles. The number of rotatable bonds is 10. The second-order valence-corrected chi connectivity index (χ2v) is 9.88. The van der Waals surface area contributed by atoms with E-state index in [4.69, 9.17) is 0 Å². The highest BCUT2D eigenvalue weighted by atomic mass is 32.2. The fraction of sp³-hybridized carbons (Fsp3) is 0.706. The van der Waals surface area contributed by atoms with Gasteiger partial charge in [0.05, 0.1) is 0 Å². The van der Waals surface area contributed by atoms with Crippen LogP contribution in [-0.2, 0) is 14.8 Å². The summed E-state index contributed by atoms with van der Waals surface area (Å²) in [6.45, 7) is 13.3. The van der Waals surface area contributed by atoms with Crippen molar-refractivity contribution >= 4 is 27.3 Å². The molecule has 1 aromatic rings. The van der Waals surface area contributed by atoms with Gasteiger partial charge in [-0.1, -0.05) is 19.9 Å². The summed E-state index contributed by atoms with van der Waals surface area (Å²) >= 11 is 1.13. The molecule has 144 valence electrons. The summed E-state index contributed by atoms with van der Waals surface area (Å²) in [5, 5.41) is 4.57. The molecule has 8 heteroatoms. The molecule has 1 atom stereocenters. The summed E-state index contributed by atoms with van der Waals surface area (Å²) in [6, 6.07) is 3.19. The van der Waals surface area contributed by atoms with E-state index in [1.54, 1.807) is 11.4 Å². The molecule has 0 saturated heterocycles. The van der Waals surface area contributed by atoms with E-state index < -0.39 is 16.1 Å². The fourth-order valence-electron chi connectivity index (χ4n) is 2.66. The van der Waals surface area contributed by atoms with Crippen LogP contribution in [0.3, 0.4) is 0 Å². The third kappa shape index (κ3) is 6.69. The Morgan fingerprint density at radius 3 is 2.20 bits per heavy atom. The van der Waals surface area contributed by atoms with E-state index in [1.807, 2.05) is 13.8 Å². The molecule has 0 aliphatic heterocycles. The Labute approximate surface area is 156 Å². The van der Waals surface area contributed by atoms with Crippen LogP contribution in [0.2, 0.25) is 0 Å². The Balaban J connectivity index is 2.69. The molecule has 0 bridgehead atoms. The van der Waals surface area contributed by atoms with E-state index in [0.717, 1.165) is 17.9 Å². The van der Waals surface area contributed by atoms with E-state index in [2.05, 4.69) is 42.6 Å². The highest BCUT2D eigenvalue weighted by Gasteiger charge is 2.28. The van der Waals surface area contributed by atoms with Crippen molar-refractivity contribution in [2.45, 2.75) is 63.9 Å². The van der Waals surface area contributed by atoms with Gasteiger partial charge in [0.15, 0.2) is 0 Å². The van der Waals surface area contributed by atoms with Gasteiger partial charge in [0.1, 0.15) is 10.3 Å². The van der Waals surface area contributed by atoms with Crippen LogP contribution in [0.1, 0.15) is 41.5 Å². The van der Waals surface area contributed by atoms with Gasteiger partial charge in [-0.25, -0.2) is 8.42 Å². The predicted octanol–water partition coefficient (Wildman–Crippen LogP) is 2.29. The number of hydrogen-bond acceptors (Lipinski definition) is 5. The Morgan fingerprint density at radius 2 is 1.76 bits per heavy atom. The van der Waals surface area contributed by atoms with Gasteiger partial charge in [0.2, 0.25) is 5.91 Å². The van der Waals surface area contributed by atoms with Gasteiger partial charge < -0.3 is 5.32 Å². The van der Waals surface area contributed by atoms with Gasteiger partial charge in [0.25, 0.3) is 10.0 Å². The zero-order chi connectivity index (χ0) is 19.2. The maximum atomic E-state index is 12.5. The summed E-state index contributed by atoms with van der Waals surface area (Å²) in [5.41, 5.74) is 0. The fourth-order valence-corrected chi connectivity index (χ4v) is 5.02. The average Bonchev–Trinajstić information content (AvgIpc) is 3.03. The van der Waals surface area contributed by atoms with Crippen molar-refractivity contribution in [1.29, 1.82) is 0 Å². The molecule has 0 saturated carbocycles. The summed E-state index contributed by atoms with van der Waals surface area (Å²) < 4.78 is 27.5. The number of sulfonamides is 1. The molecule has 0 radical (unpaired) electrons. The molecule has 0 spiro atoms. The Bertz CT molecular complexity index is 618. The van der Waals surface area contributed by atoms with Crippen molar-refractivity contribution in [2.75, 3.05) is 13.1 Å². The molecule has 1 aromatic heterocycles. The molecular formula is C17H31N3O3S2. The van der Waals surface area contributed by atoms with Crippen LogP contribution >= 0.6 is 11.3 Å². The molecule has 1 rings (SSSR count). The molecule has 6 nitrogen and oxygen atoms in total. The lowest BCUT2D eigenvalue weighted by Crippen LogP contribution is -2.51. The van der Waals surface area contributed by atoms with Crippen LogP contribution in [0.15, 0.2) is 21.7 Å². The maximum absolute atomic E-state index is 12.5. The minimum atomic E-state index is -3.68. The number of hydrogen-bond donors (Lipinski definition) is 2. The SMILES string of the molecule is CC(C)[C@H](NS(=O)(=O)c1cccs1)C(=O)NCCN(C(C)C)C(C)C. The number of nitrogens with zero attached hydrogens (tertiary/aromatic N) is 1.